The van der Waals surface area contributed by atoms with Crippen molar-refractivity contribution in [2.45, 2.75) is 32.2 Å². The van der Waals surface area contributed by atoms with E-state index in [9.17, 15) is 4.79 Å². The Morgan fingerprint density at radius 2 is 1.47 bits per heavy atom. The number of nitrogen functional groups attached to an aromatic ring is 1. The van der Waals surface area contributed by atoms with E-state index in [0.717, 1.165) is 59.1 Å². The monoisotopic (exact) mass is 510 g/mol. The van der Waals surface area contributed by atoms with Crippen molar-refractivity contribution >= 4 is 28.1 Å². The summed E-state index contributed by atoms with van der Waals surface area (Å²) in [5.41, 5.74) is 9.42. The number of fused-ring (bicyclic) bond motifs is 1. The van der Waals surface area contributed by atoms with Crippen molar-refractivity contribution < 1.29 is 19.0 Å². The van der Waals surface area contributed by atoms with E-state index in [2.05, 4.69) is 18.0 Å². The third-order valence-electron chi connectivity index (χ3n) is 6.21. The van der Waals surface area contributed by atoms with Gasteiger partial charge >= 0.3 is 5.97 Å². The molecule has 0 unspecified atom stereocenters. The zero-order chi connectivity index (χ0) is 26.6. The number of carbonyl (C=O) groups is 1. The highest BCUT2D eigenvalue weighted by atomic mass is 16.5. The number of esters is 1. The molecule has 0 fully saturated rings. The van der Waals surface area contributed by atoms with Crippen LogP contribution in [0, 0.1) is 0 Å². The van der Waals surface area contributed by atoms with Crippen LogP contribution in [0.25, 0.3) is 10.8 Å². The molecule has 0 spiro atoms. The van der Waals surface area contributed by atoms with Crippen molar-refractivity contribution in [1.82, 2.24) is 0 Å². The maximum Gasteiger partial charge on any atom is 0.343 e. The van der Waals surface area contributed by atoms with Crippen LogP contribution in [0.2, 0.25) is 0 Å². The summed E-state index contributed by atoms with van der Waals surface area (Å²) < 4.78 is 16.4. The van der Waals surface area contributed by atoms with Crippen LogP contribution < -0.4 is 20.5 Å². The van der Waals surface area contributed by atoms with E-state index < -0.39 is 5.97 Å². The number of nitrogens with two attached hydrogens (primary N) is 1. The number of anilines is 2. The Labute approximate surface area is 224 Å². The van der Waals surface area contributed by atoms with Crippen molar-refractivity contribution in [2.75, 3.05) is 24.3 Å². The normalized spacial score (nSPS) is 10.6. The molecule has 0 aliphatic heterocycles. The van der Waals surface area contributed by atoms with Gasteiger partial charge in [0, 0.05) is 28.7 Å². The van der Waals surface area contributed by atoms with Crippen LogP contribution in [0.1, 0.15) is 41.6 Å². The molecule has 0 bridgehead atoms. The van der Waals surface area contributed by atoms with Crippen LogP contribution in [0.3, 0.4) is 0 Å². The second-order valence-electron chi connectivity index (χ2n) is 8.96. The summed E-state index contributed by atoms with van der Waals surface area (Å²) in [4.78, 5) is 12.6. The van der Waals surface area contributed by atoms with Crippen LogP contribution in [0.5, 0.6) is 11.5 Å². The second kappa shape index (κ2) is 13.7. The SMILES string of the molecule is C=COCCCCCCOc1ccc(C(=O)Oc2ccc(CNc3ccc(N)c4ccccc34)cc2)cc1. The summed E-state index contributed by atoms with van der Waals surface area (Å²) in [5.74, 6) is 0.829. The van der Waals surface area contributed by atoms with Crippen LogP contribution in [-0.2, 0) is 11.3 Å². The average Bonchev–Trinajstić information content (AvgIpc) is 2.95. The zero-order valence-electron chi connectivity index (χ0n) is 21.5. The number of ether oxygens (including phenoxy) is 3. The molecular weight excluding hydrogens is 476 g/mol. The molecule has 38 heavy (non-hydrogen) atoms. The molecule has 4 aromatic carbocycles. The average molecular weight is 511 g/mol. The van der Waals surface area contributed by atoms with Gasteiger partial charge in [0.15, 0.2) is 0 Å². The summed E-state index contributed by atoms with van der Waals surface area (Å²) in [6.45, 7) is 5.52. The minimum atomic E-state index is -0.405. The van der Waals surface area contributed by atoms with Gasteiger partial charge < -0.3 is 25.3 Å². The topological polar surface area (TPSA) is 82.8 Å². The third kappa shape index (κ3) is 7.53. The number of nitrogens with one attached hydrogen (secondary N) is 1. The van der Waals surface area contributed by atoms with E-state index in [-0.39, 0.29) is 0 Å². The lowest BCUT2D eigenvalue weighted by Crippen LogP contribution is -2.08. The molecule has 0 radical (unpaired) electrons. The smallest absolute Gasteiger partial charge is 0.343 e. The van der Waals surface area contributed by atoms with E-state index in [1.165, 1.54) is 6.26 Å². The predicted octanol–water partition coefficient (Wildman–Crippen LogP) is 7.35. The minimum absolute atomic E-state index is 0.405. The fourth-order valence-corrected chi connectivity index (χ4v) is 4.12. The zero-order valence-corrected chi connectivity index (χ0v) is 21.5. The standard InChI is InChI=1S/C32H34N2O4/c1-2-36-21-7-3-4-8-22-37-26-17-13-25(14-18-26)32(35)38-27-15-11-24(12-16-27)23-34-31-20-19-30(33)28-9-5-6-10-29(28)31/h2,5-6,9-20,34H,1,3-4,7-8,21-23,33H2. The van der Waals surface area contributed by atoms with Gasteiger partial charge in [-0.2, -0.15) is 0 Å². The second-order valence-corrected chi connectivity index (χ2v) is 8.96. The highest BCUT2D eigenvalue weighted by molar-refractivity contribution is 6.01. The predicted molar refractivity (Wildman–Crippen MR) is 154 cm³/mol. The molecule has 0 saturated carbocycles. The number of hydrogen-bond donors (Lipinski definition) is 2. The molecule has 196 valence electrons. The molecule has 0 atom stereocenters. The largest absolute Gasteiger partial charge is 0.502 e. The lowest BCUT2D eigenvalue weighted by molar-refractivity contribution is 0.0734. The van der Waals surface area contributed by atoms with E-state index in [0.29, 0.717) is 31.1 Å². The summed E-state index contributed by atoms with van der Waals surface area (Å²) in [5, 5.41) is 5.58. The van der Waals surface area contributed by atoms with Gasteiger partial charge in [-0.15, -0.1) is 0 Å². The van der Waals surface area contributed by atoms with Crippen molar-refractivity contribution in [3.8, 4) is 11.5 Å². The Hall–Kier alpha value is -4.45. The molecule has 6 nitrogen and oxygen atoms in total. The van der Waals surface area contributed by atoms with E-state index in [4.69, 9.17) is 19.9 Å². The molecule has 6 heteroatoms. The number of carbonyl (C=O) groups excluding carboxylic acids is 1. The van der Waals surface area contributed by atoms with Crippen LogP contribution in [0.4, 0.5) is 11.4 Å². The van der Waals surface area contributed by atoms with Gasteiger partial charge in [-0.1, -0.05) is 43.0 Å². The Morgan fingerprint density at radius 1 is 0.789 bits per heavy atom. The van der Waals surface area contributed by atoms with Gasteiger partial charge in [0.25, 0.3) is 0 Å². The molecule has 0 aliphatic rings. The summed E-state index contributed by atoms with van der Waals surface area (Å²) in [6.07, 6.45) is 5.64. The van der Waals surface area contributed by atoms with Gasteiger partial charge in [-0.3, -0.25) is 0 Å². The maximum absolute atomic E-state index is 12.6. The molecule has 0 aromatic heterocycles. The Morgan fingerprint density at radius 3 is 2.21 bits per heavy atom. The first-order valence-electron chi connectivity index (χ1n) is 12.9. The third-order valence-corrected chi connectivity index (χ3v) is 6.21. The Balaban J connectivity index is 1.22. The van der Waals surface area contributed by atoms with Crippen LogP contribution in [0.15, 0.2) is 97.8 Å². The first-order valence-corrected chi connectivity index (χ1v) is 12.9. The number of rotatable bonds is 14. The van der Waals surface area contributed by atoms with E-state index in [1.807, 2.05) is 42.5 Å². The maximum atomic E-state index is 12.6. The summed E-state index contributed by atoms with van der Waals surface area (Å²) in [6, 6.07) is 26.5. The Bertz CT molecular complexity index is 1330. The molecule has 4 rings (SSSR count). The van der Waals surface area contributed by atoms with Crippen LogP contribution >= 0.6 is 0 Å². The molecule has 0 amide bonds. The van der Waals surface area contributed by atoms with E-state index >= 15 is 0 Å². The Kier molecular flexibility index (Phi) is 9.63. The first-order chi connectivity index (χ1) is 18.6. The lowest BCUT2D eigenvalue weighted by Gasteiger charge is -2.12. The van der Waals surface area contributed by atoms with Gasteiger partial charge in [-0.05, 0) is 79.8 Å². The van der Waals surface area contributed by atoms with Gasteiger partial charge in [0.1, 0.15) is 11.5 Å². The quantitative estimate of drug-likeness (QED) is 0.0607. The number of unbranched alkanes of at least 4 members (excludes halogenated alkanes) is 3. The summed E-state index contributed by atoms with van der Waals surface area (Å²) >= 11 is 0. The molecule has 0 saturated heterocycles. The first kappa shape index (κ1) is 26.6. The number of hydrogen-bond acceptors (Lipinski definition) is 6. The molecule has 0 heterocycles. The van der Waals surface area contributed by atoms with Gasteiger partial charge in [-0.25, -0.2) is 4.79 Å². The highest BCUT2D eigenvalue weighted by Gasteiger charge is 2.09. The lowest BCUT2D eigenvalue weighted by atomic mass is 10.1. The van der Waals surface area contributed by atoms with Crippen molar-refractivity contribution in [1.29, 1.82) is 0 Å². The van der Waals surface area contributed by atoms with Gasteiger partial charge in [0.2, 0.25) is 0 Å². The van der Waals surface area contributed by atoms with Crippen molar-refractivity contribution in [3.05, 3.63) is 109 Å². The van der Waals surface area contributed by atoms with Crippen molar-refractivity contribution in [3.63, 3.8) is 0 Å². The summed E-state index contributed by atoms with van der Waals surface area (Å²) in [7, 11) is 0. The highest BCUT2D eigenvalue weighted by Crippen LogP contribution is 2.28. The number of benzene rings is 4. The van der Waals surface area contributed by atoms with Gasteiger partial charge in [0.05, 0.1) is 25.0 Å². The van der Waals surface area contributed by atoms with E-state index in [1.54, 1.807) is 36.4 Å². The van der Waals surface area contributed by atoms with Crippen LogP contribution in [-0.4, -0.2) is 19.2 Å². The molecule has 0 aliphatic carbocycles. The fourth-order valence-electron chi connectivity index (χ4n) is 4.12. The fraction of sp³-hybridized carbons (Fsp3) is 0.219. The molecular formula is C32H34N2O4. The van der Waals surface area contributed by atoms with Crippen molar-refractivity contribution in [2.24, 2.45) is 0 Å². The molecule has 3 N–H and O–H groups in total. The molecule has 4 aromatic rings. The minimum Gasteiger partial charge on any atom is -0.502 e.